The van der Waals surface area contributed by atoms with Crippen LogP contribution in [0.2, 0.25) is 0 Å². The van der Waals surface area contributed by atoms with Crippen LogP contribution >= 0.6 is 0 Å². The van der Waals surface area contributed by atoms with E-state index in [9.17, 15) is 16.8 Å². The molecule has 4 aromatic rings. The third-order valence-electron chi connectivity index (χ3n) is 5.06. The molecule has 0 bridgehead atoms. The SMILES string of the molecule is CC(C)Oc1ccc(S(=O)(=O)c2ccc(Oc3ccc(S(=O)(=O)c4ccccc4)cc3)cc2)cc1. The van der Waals surface area contributed by atoms with E-state index >= 15 is 0 Å². The van der Waals surface area contributed by atoms with Gasteiger partial charge in [-0.1, -0.05) is 18.2 Å². The third-order valence-corrected chi connectivity index (χ3v) is 8.63. The van der Waals surface area contributed by atoms with Gasteiger partial charge in [-0.3, -0.25) is 0 Å². The van der Waals surface area contributed by atoms with E-state index in [4.69, 9.17) is 9.47 Å². The molecule has 0 unspecified atom stereocenters. The van der Waals surface area contributed by atoms with Gasteiger partial charge in [0.25, 0.3) is 0 Å². The summed E-state index contributed by atoms with van der Waals surface area (Å²) in [6.45, 7) is 3.80. The van der Waals surface area contributed by atoms with Gasteiger partial charge in [0.2, 0.25) is 19.7 Å². The minimum Gasteiger partial charge on any atom is -0.491 e. The Hall–Kier alpha value is -3.62. The van der Waals surface area contributed by atoms with E-state index < -0.39 is 19.7 Å². The maximum atomic E-state index is 12.9. The van der Waals surface area contributed by atoms with Gasteiger partial charge < -0.3 is 9.47 Å². The molecule has 0 aromatic heterocycles. The fourth-order valence-corrected chi connectivity index (χ4v) is 5.89. The molecule has 0 aliphatic rings. The minimum atomic E-state index is -3.70. The number of benzene rings is 4. The van der Waals surface area contributed by atoms with Crippen LogP contribution in [0.1, 0.15) is 13.8 Å². The predicted octanol–water partition coefficient (Wildman–Crippen LogP) is 5.93. The Kier molecular flexibility index (Phi) is 6.95. The summed E-state index contributed by atoms with van der Waals surface area (Å²) in [6, 6.07) is 26.6. The van der Waals surface area contributed by atoms with Crippen LogP contribution in [0.15, 0.2) is 123 Å². The van der Waals surface area contributed by atoms with Crippen LogP contribution in [0.5, 0.6) is 17.2 Å². The highest BCUT2D eigenvalue weighted by atomic mass is 32.2. The van der Waals surface area contributed by atoms with Crippen molar-refractivity contribution in [3.05, 3.63) is 103 Å². The first-order valence-electron chi connectivity index (χ1n) is 10.9. The third kappa shape index (κ3) is 5.55. The summed E-state index contributed by atoms with van der Waals surface area (Å²) in [5.41, 5.74) is 0. The average molecular weight is 509 g/mol. The summed E-state index contributed by atoms with van der Waals surface area (Å²) >= 11 is 0. The van der Waals surface area contributed by atoms with Crippen LogP contribution < -0.4 is 9.47 Å². The lowest BCUT2D eigenvalue weighted by Crippen LogP contribution is -2.06. The smallest absolute Gasteiger partial charge is 0.206 e. The van der Waals surface area contributed by atoms with Crippen LogP contribution in [-0.2, 0) is 19.7 Å². The van der Waals surface area contributed by atoms with Crippen LogP contribution in [0, 0.1) is 0 Å². The van der Waals surface area contributed by atoms with Gasteiger partial charge in [0.05, 0.1) is 25.7 Å². The second-order valence-electron chi connectivity index (χ2n) is 8.00. The van der Waals surface area contributed by atoms with Gasteiger partial charge in [-0.05, 0) is 98.8 Å². The van der Waals surface area contributed by atoms with Gasteiger partial charge in [0.1, 0.15) is 17.2 Å². The molecule has 0 N–H and O–H groups in total. The highest BCUT2D eigenvalue weighted by Gasteiger charge is 2.19. The minimum absolute atomic E-state index is 0.00512. The van der Waals surface area contributed by atoms with Gasteiger partial charge in [0.15, 0.2) is 0 Å². The molecule has 4 rings (SSSR count). The van der Waals surface area contributed by atoms with E-state index in [1.807, 2.05) is 13.8 Å². The highest BCUT2D eigenvalue weighted by Crippen LogP contribution is 2.29. The van der Waals surface area contributed by atoms with Gasteiger partial charge in [-0.15, -0.1) is 0 Å². The van der Waals surface area contributed by atoms with Crippen molar-refractivity contribution < 1.29 is 26.3 Å². The van der Waals surface area contributed by atoms with E-state index in [1.54, 1.807) is 66.7 Å². The molecule has 0 atom stereocenters. The van der Waals surface area contributed by atoms with Gasteiger partial charge in [-0.25, -0.2) is 16.8 Å². The summed E-state index contributed by atoms with van der Waals surface area (Å²) in [4.78, 5) is 0.666. The monoisotopic (exact) mass is 508 g/mol. The first-order valence-corrected chi connectivity index (χ1v) is 13.8. The fourth-order valence-electron chi connectivity index (χ4n) is 3.35. The normalized spacial score (nSPS) is 11.9. The topological polar surface area (TPSA) is 86.7 Å². The zero-order valence-corrected chi connectivity index (χ0v) is 20.8. The lowest BCUT2D eigenvalue weighted by molar-refractivity contribution is 0.242. The van der Waals surface area contributed by atoms with Crippen molar-refractivity contribution in [3.8, 4) is 17.2 Å². The molecule has 0 saturated heterocycles. The number of sulfone groups is 2. The van der Waals surface area contributed by atoms with Crippen molar-refractivity contribution in [1.82, 2.24) is 0 Å². The van der Waals surface area contributed by atoms with Crippen molar-refractivity contribution >= 4 is 19.7 Å². The molecule has 6 nitrogen and oxygen atoms in total. The largest absolute Gasteiger partial charge is 0.491 e. The maximum Gasteiger partial charge on any atom is 0.206 e. The van der Waals surface area contributed by atoms with E-state index in [1.165, 1.54) is 36.4 Å². The summed E-state index contributed by atoms with van der Waals surface area (Å²) in [7, 11) is -7.32. The van der Waals surface area contributed by atoms with E-state index in [-0.39, 0.29) is 25.7 Å². The summed E-state index contributed by atoms with van der Waals surface area (Å²) in [6.07, 6.45) is -0.00512. The lowest BCUT2D eigenvalue weighted by atomic mass is 10.3. The molecule has 0 spiro atoms. The molecule has 180 valence electrons. The Morgan fingerprint density at radius 2 is 0.829 bits per heavy atom. The van der Waals surface area contributed by atoms with Crippen molar-refractivity contribution in [2.45, 2.75) is 39.5 Å². The van der Waals surface area contributed by atoms with Crippen molar-refractivity contribution in [2.75, 3.05) is 0 Å². The molecular weight excluding hydrogens is 484 g/mol. The van der Waals surface area contributed by atoms with Crippen molar-refractivity contribution in [1.29, 1.82) is 0 Å². The number of hydrogen-bond acceptors (Lipinski definition) is 6. The predicted molar refractivity (Wildman–Crippen MR) is 133 cm³/mol. The standard InChI is InChI=1S/C27H24O6S2/c1-20(2)32-21-8-14-26(15-9-21)35(30,31)27-18-12-23(13-19-27)33-22-10-16-25(17-11-22)34(28,29)24-6-4-3-5-7-24/h3-20H,1-2H3. The van der Waals surface area contributed by atoms with Gasteiger partial charge in [-0.2, -0.15) is 0 Å². The molecule has 8 heteroatoms. The number of rotatable bonds is 8. The second-order valence-corrected chi connectivity index (χ2v) is 11.9. The Morgan fingerprint density at radius 1 is 0.486 bits per heavy atom. The van der Waals surface area contributed by atoms with Crippen LogP contribution in [0.25, 0.3) is 0 Å². The van der Waals surface area contributed by atoms with Crippen molar-refractivity contribution in [3.63, 3.8) is 0 Å². The lowest BCUT2D eigenvalue weighted by Gasteiger charge is -2.11. The summed E-state index contributed by atoms with van der Waals surface area (Å²) in [5, 5.41) is 0. The van der Waals surface area contributed by atoms with E-state index in [0.29, 0.717) is 17.2 Å². The fraction of sp³-hybridized carbons (Fsp3) is 0.111. The van der Waals surface area contributed by atoms with Gasteiger partial charge in [0, 0.05) is 0 Å². The zero-order valence-electron chi connectivity index (χ0n) is 19.2. The van der Waals surface area contributed by atoms with Crippen LogP contribution in [-0.4, -0.2) is 22.9 Å². The van der Waals surface area contributed by atoms with E-state index in [0.717, 1.165) is 0 Å². The van der Waals surface area contributed by atoms with Gasteiger partial charge >= 0.3 is 0 Å². The molecule has 0 aliphatic carbocycles. The van der Waals surface area contributed by atoms with Crippen LogP contribution in [0.3, 0.4) is 0 Å². The quantitative estimate of drug-likeness (QED) is 0.293. The second kappa shape index (κ2) is 9.93. The molecule has 0 amide bonds. The molecule has 35 heavy (non-hydrogen) atoms. The maximum absolute atomic E-state index is 12.9. The van der Waals surface area contributed by atoms with Crippen molar-refractivity contribution in [2.24, 2.45) is 0 Å². The zero-order chi connectivity index (χ0) is 25.1. The Morgan fingerprint density at radius 3 is 1.20 bits per heavy atom. The summed E-state index contributed by atoms with van der Waals surface area (Å²) in [5.74, 6) is 1.45. The number of ether oxygens (including phenoxy) is 2. The highest BCUT2D eigenvalue weighted by molar-refractivity contribution is 7.91. The van der Waals surface area contributed by atoms with E-state index in [2.05, 4.69) is 0 Å². The molecule has 0 radical (unpaired) electrons. The van der Waals surface area contributed by atoms with Crippen LogP contribution in [0.4, 0.5) is 0 Å². The first-order chi connectivity index (χ1) is 16.7. The first kappa shape index (κ1) is 24.5. The summed E-state index contributed by atoms with van der Waals surface area (Å²) < 4.78 is 62.7. The molecular formula is C27H24O6S2. The number of hydrogen-bond donors (Lipinski definition) is 0. The molecule has 0 fully saturated rings. The molecule has 0 aliphatic heterocycles. The molecule has 4 aromatic carbocycles. The molecule has 0 heterocycles. The average Bonchev–Trinajstić information content (AvgIpc) is 2.85. The Balaban J connectivity index is 1.47. The molecule has 0 saturated carbocycles. The Labute approximate surface area is 205 Å². The Bertz CT molecular complexity index is 1490.